The molecule has 0 atom stereocenters. The number of pyridine rings is 1. The third-order valence-corrected chi connectivity index (χ3v) is 4.03. The van der Waals surface area contributed by atoms with E-state index in [0.717, 1.165) is 35.1 Å². The lowest BCUT2D eigenvalue weighted by atomic mass is 10.1. The summed E-state index contributed by atoms with van der Waals surface area (Å²) in [6.45, 7) is 0.921. The normalized spacial score (nSPS) is 10.7. The molecule has 1 heterocycles. The average molecular weight is 305 g/mol. The standard InChI is InChI=1S/C15H19N3S2/c1-20-9-5-4-8-17-14-11-6-2-3-7-13(11)18-10-12(14)15(16)19/h2-3,6-7,10H,4-5,8-9H2,1H3,(H2,16,19)(H,17,18). The van der Waals surface area contributed by atoms with Crippen LogP contribution in [0.15, 0.2) is 30.5 Å². The minimum atomic E-state index is 0.384. The summed E-state index contributed by atoms with van der Waals surface area (Å²) in [6, 6.07) is 8.04. The lowest BCUT2D eigenvalue weighted by Gasteiger charge is -2.13. The molecule has 1 aromatic carbocycles. The molecule has 2 aromatic rings. The minimum Gasteiger partial charge on any atom is -0.389 e. The van der Waals surface area contributed by atoms with Crippen molar-refractivity contribution in [2.45, 2.75) is 12.8 Å². The van der Waals surface area contributed by atoms with Crippen molar-refractivity contribution in [2.24, 2.45) is 5.73 Å². The highest BCUT2D eigenvalue weighted by molar-refractivity contribution is 7.98. The number of thiocarbonyl (C=S) groups is 1. The smallest absolute Gasteiger partial charge is 0.107 e. The maximum absolute atomic E-state index is 5.81. The van der Waals surface area contributed by atoms with Crippen LogP contribution >= 0.6 is 24.0 Å². The van der Waals surface area contributed by atoms with Crippen molar-refractivity contribution in [1.82, 2.24) is 4.98 Å². The third-order valence-electron chi connectivity index (χ3n) is 3.12. The first-order valence-corrected chi connectivity index (χ1v) is 8.44. The van der Waals surface area contributed by atoms with Gasteiger partial charge in [0.1, 0.15) is 4.99 Å². The molecule has 20 heavy (non-hydrogen) atoms. The Balaban J connectivity index is 2.23. The molecule has 0 bridgehead atoms. The monoisotopic (exact) mass is 305 g/mol. The fourth-order valence-corrected chi connectivity index (χ4v) is 2.75. The molecule has 0 radical (unpaired) electrons. The third kappa shape index (κ3) is 3.61. The van der Waals surface area contributed by atoms with Gasteiger partial charge in [-0.05, 0) is 30.9 Å². The molecule has 0 saturated carbocycles. The fraction of sp³-hybridized carbons (Fsp3) is 0.333. The first-order chi connectivity index (χ1) is 9.74. The van der Waals surface area contributed by atoms with Crippen LogP contribution in [-0.4, -0.2) is 28.5 Å². The summed E-state index contributed by atoms with van der Waals surface area (Å²) >= 11 is 7.01. The summed E-state index contributed by atoms with van der Waals surface area (Å²) in [4.78, 5) is 4.79. The van der Waals surface area contributed by atoms with Crippen LogP contribution in [0.2, 0.25) is 0 Å². The Kier molecular flexibility index (Phi) is 5.61. The molecule has 3 nitrogen and oxygen atoms in total. The van der Waals surface area contributed by atoms with Gasteiger partial charge in [-0.2, -0.15) is 11.8 Å². The van der Waals surface area contributed by atoms with Crippen molar-refractivity contribution in [3.05, 3.63) is 36.0 Å². The summed E-state index contributed by atoms with van der Waals surface area (Å²) < 4.78 is 0. The van der Waals surface area contributed by atoms with Crippen LogP contribution in [0.3, 0.4) is 0 Å². The number of hydrogen-bond donors (Lipinski definition) is 2. The van der Waals surface area contributed by atoms with Gasteiger partial charge in [0.05, 0.1) is 16.8 Å². The molecule has 0 unspecified atom stereocenters. The molecular formula is C15H19N3S2. The fourth-order valence-electron chi connectivity index (χ4n) is 2.10. The second-order valence-corrected chi connectivity index (χ2v) is 5.98. The van der Waals surface area contributed by atoms with Gasteiger partial charge in [0, 0.05) is 18.1 Å². The van der Waals surface area contributed by atoms with Gasteiger partial charge in [-0.25, -0.2) is 0 Å². The number of aromatic nitrogens is 1. The molecule has 1 aromatic heterocycles. The summed E-state index contributed by atoms with van der Waals surface area (Å²) in [5, 5.41) is 4.55. The van der Waals surface area contributed by atoms with E-state index in [1.54, 1.807) is 6.20 Å². The second kappa shape index (κ2) is 7.45. The molecule has 0 fully saturated rings. The lowest BCUT2D eigenvalue weighted by Crippen LogP contribution is -2.15. The van der Waals surface area contributed by atoms with E-state index in [-0.39, 0.29) is 0 Å². The summed E-state index contributed by atoms with van der Waals surface area (Å²) in [5.41, 5.74) is 8.59. The predicted octanol–water partition coefficient (Wildman–Crippen LogP) is 3.42. The Bertz CT molecular complexity index is 599. The minimum absolute atomic E-state index is 0.384. The molecule has 0 spiro atoms. The van der Waals surface area contributed by atoms with Gasteiger partial charge in [-0.1, -0.05) is 30.4 Å². The number of thioether (sulfide) groups is 1. The zero-order valence-electron chi connectivity index (χ0n) is 11.6. The van der Waals surface area contributed by atoms with Crippen molar-refractivity contribution < 1.29 is 0 Å². The van der Waals surface area contributed by atoms with E-state index in [1.807, 2.05) is 36.0 Å². The molecule has 5 heteroatoms. The quantitative estimate of drug-likeness (QED) is 0.606. The predicted molar refractivity (Wildman–Crippen MR) is 93.7 cm³/mol. The molecule has 0 aliphatic rings. The molecule has 2 rings (SSSR count). The number of fused-ring (bicyclic) bond motifs is 1. The largest absolute Gasteiger partial charge is 0.389 e. The summed E-state index contributed by atoms with van der Waals surface area (Å²) in [7, 11) is 0. The van der Waals surface area contributed by atoms with E-state index in [1.165, 1.54) is 12.2 Å². The first kappa shape index (κ1) is 15.1. The highest BCUT2D eigenvalue weighted by Crippen LogP contribution is 2.25. The number of nitrogens with two attached hydrogens (primary N) is 1. The van der Waals surface area contributed by atoms with E-state index >= 15 is 0 Å². The van der Waals surface area contributed by atoms with Crippen LogP contribution in [0, 0.1) is 0 Å². The number of rotatable bonds is 7. The molecule has 0 aliphatic heterocycles. The Morgan fingerprint density at radius 2 is 2.15 bits per heavy atom. The molecule has 0 amide bonds. The van der Waals surface area contributed by atoms with Gasteiger partial charge in [0.2, 0.25) is 0 Å². The van der Waals surface area contributed by atoms with Crippen molar-refractivity contribution in [1.29, 1.82) is 0 Å². The zero-order valence-corrected chi connectivity index (χ0v) is 13.2. The van der Waals surface area contributed by atoms with Gasteiger partial charge < -0.3 is 11.1 Å². The van der Waals surface area contributed by atoms with Crippen LogP contribution in [0.5, 0.6) is 0 Å². The molecular weight excluding hydrogens is 286 g/mol. The average Bonchev–Trinajstić information content (AvgIpc) is 2.46. The molecule has 0 saturated heterocycles. The highest BCUT2D eigenvalue weighted by atomic mass is 32.2. The number of unbranched alkanes of at least 4 members (excludes halogenated alkanes) is 1. The van der Waals surface area contributed by atoms with E-state index in [4.69, 9.17) is 18.0 Å². The number of anilines is 1. The number of para-hydroxylation sites is 1. The lowest BCUT2D eigenvalue weighted by molar-refractivity contribution is 0.844. The van der Waals surface area contributed by atoms with E-state index in [2.05, 4.69) is 16.6 Å². The summed E-state index contributed by atoms with van der Waals surface area (Å²) in [6.07, 6.45) is 6.23. The first-order valence-electron chi connectivity index (χ1n) is 6.64. The van der Waals surface area contributed by atoms with Crippen LogP contribution in [-0.2, 0) is 0 Å². The molecule has 0 aliphatic carbocycles. The van der Waals surface area contributed by atoms with Gasteiger partial charge in [0.15, 0.2) is 0 Å². The topological polar surface area (TPSA) is 50.9 Å². The second-order valence-electron chi connectivity index (χ2n) is 4.55. The van der Waals surface area contributed by atoms with Gasteiger partial charge in [-0.15, -0.1) is 0 Å². The Labute approximate surface area is 129 Å². The van der Waals surface area contributed by atoms with Crippen molar-refractivity contribution in [2.75, 3.05) is 23.9 Å². The highest BCUT2D eigenvalue weighted by Gasteiger charge is 2.10. The van der Waals surface area contributed by atoms with Crippen LogP contribution in [0.4, 0.5) is 5.69 Å². The molecule has 106 valence electrons. The Morgan fingerprint density at radius 1 is 1.35 bits per heavy atom. The maximum atomic E-state index is 5.81. The van der Waals surface area contributed by atoms with Crippen LogP contribution in [0.1, 0.15) is 18.4 Å². The molecule has 3 N–H and O–H groups in total. The Morgan fingerprint density at radius 3 is 2.90 bits per heavy atom. The number of nitrogens with one attached hydrogen (secondary N) is 1. The number of benzene rings is 1. The van der Waals surface area contributed by atoms with Gasteiger partial charge >= 0.3 is 0 Å². The van der Waals surface area contributed by atoms with Crippen LogP contribution < -0.4 is 11.1 Å². The van der Waals surface area contributed by atoms with Crippen LogP contribution in [0.25, 0.3) is 10.9 Å². The SMILES string of the molecule is CSCCCCNc1c(C(N)=S)cnc2ccccc12. The van der Waals surface area contributed by atoms with Gasteiger partial charge in [-0.3, -0.25) is 4.98 Å². The van der Waals surface area contributed by atoms with Crippen molar-refractivity contribution in [3.63, 3.8) is 0 Å². The zero-order chi connectivity index (χ0) is 14.4. The maximum Gasteiger partial charge on any atom is 0.107 e. The summed E-state index contributed by atoms with van der Waals surface area (Å²) in [5.74, 6) is 1.20. The van der Waals surface area contributed by atoms with E-state index < -0.39 is 0 Å². The van der Waals surface area contributed by atoms with Gasteiger partial charge in [0.25, 0.3) is 0 Å². The van der Waals surface area contributed by atoms with E-state index in [0.29, 0.717) is 4.99 Å². The number of hydrogen-bond acceptors (Lipinski definition) is 4. The number of nitrogens with zero attached hydrogens (tertiary/aromatic N) is 1. The van der Waals surface area contributed by atoms with Crippen molar-refractivity contribution >= 4 is 45.6 Å². The van der Waals surface area contributed by atoms with E-state index in [9.17, 15) is 0 Å². The Hall–Kier alpha value is -1.33. The van der Waals surface area contributed by atoms with Crippen molar-refractivity contribution in [3.8, 4) is 0 Å².